The van der Waals surface area contributed by atoms with Gasteiger partial charge in [0, 0.05) is 6.42 Å². The van der Waals surface area contributed by atoms with Crippen LogP contribution in [0.2, 0.25) is 0 Å². The summed E-state index contributed by atoms with van der Waals surface area (Å²) in [4.78, 5) is 14.0. The molecule has 0 fully saturated rings. The van der Waals surface area contributed by atoms with E-state index < -0.39 is 0 Å². The van der Waals surface area contributed by atoms with Crippen LogP contribution in [0.3, 0.4) is 0 Å². The average molecular weight is 195 g/mol. The minimum Gasteiger partial charge on any atom is -0.325 e. The summed E-state index contributed by atoms with van der Waals surface area (Å²) in [5.74, 6) is -0.00773. The van der Waals surface area contributed by atoms with Gasteiger partial charge in [0.15, 0.2) is 11.1 Å². The van der Waals surface area contributed by atoms with Crippen molar-refractivity contribution in [1.29, 1.82) is 0 Å². The summed E-state index contributed by atoms with van der Waals surface area (Å²) in [7, 11) is 0. The van der Waals surface area contributed by atoms with Crippen LogP contribution in [0.1, 0.15) is 12.8 Å². The Labute approximate surface area is 81.2 Å². The molecule has 0 bridgehead atoms. The van der Waals surface area contributed by atoms with Crippen molar-refractivity contribution in [3.05, 3.63) is 52.9 Å². The zero-order chi connectivity index (χ0) is 10.4. The minimum absolute atomic E-state index is 0.155. The second kappa shape index (κ2) is 5.11. The largest absolute Gasteiger partial charge is 0.325 e. The molecule has 0 aromatic carbocycles. The molecule has 0 atom stereocenters. The molecule has 0 N–H and O–H groups in total. The summed E-state index contributed by atoms with van der Waals surface area (Å²) in [5, 5.41) is 2.23. The van der Waals surface area contributed by atoms with Crippen LogP contribution in [0.4, 0.5) is 4.39 Å². The Bertz CT molecular complexity index is 329. The fraction of sp³-hybridized carbons (Fsp3) is 0.200. The van der Waals surface area contributed by atoms with Gasteiger partial charge in [-0.05, 0) is 24.1 Å². The molecule has 4 heteroatoms. The van der Waals surface area contributed by atoms with Crippen molar-refractivity contribution >= 4 is 0 Å². The van der Waals surface area contributed by atoms with Crippen molar-refractivity contribution in [2.45, 2.75) is 12.8 Å². The molecule has 0 aromatic rings. The maximum Gasteiger partial charge on any atom is 0.161 e. The summed E-state index contributed by atoms with van der Waals surface area (Å²) in [5.41, 5.74) is 0.850. The minimum atomic E-state index is -0.162. The predicted octanol–water partition coefficient (Wildman–Crippen LogP) is 3.33. The lowest BCUT2D eigenvalue weighted by Crippen LogP contribution is -1.83. The summed E-state index contributed by atoms with van der Waals surface area (Å²) in [6.07, 6.45) is 7.22. The molecule has 0 saturated carbocycles. The van der Waals surface area contributed by atoms with Crippen LogP contribution in [0.15, 0.2) is 53.4 Å². The van der Waals surface area contributed by atoms with Gasteiger partial charge in [-0.1, -0.05) is 18.7 Å². The van der Waals surface area contributed by atoms with E-state index >= 15 is 0 Å². The third kappa shape index (κ3) is 3.35. The van der Waals surface area contributed by atoms with Gasteiger partial charge in [0.2, 0.25) is 0 Å². The Hall–Kier alpha value is -1.71. The van der Waals surface area contributed by atoms with E-state index in [2.05, 4.69) is 16.8 Å². The maximum absolute atomic E-state index is 12.8. The molecule has 3 nitrogen and oxygen atoms in total. The van der Waals surface area contributed by atoms with Gasteiger partial charge in [0.05, 0.1) is 0 Å². The molecule has 74 valence electrons. The second-order valence-electron chi connectivity index (χ2n) is 2.82. The molecule has 0 aromatic heterocycles. The molecule has 0 saturated heterocycles. The zero-order valence-electron chi connectivity index (χ0n) is 7.57. The maximum atomic E-state index is 12.8. The first kappa shape index (κ1) is 10.4. The summed E-state index contributed by atoms with van der Waals surface area (Å²) in [6, 6.07) is 0. The average Bonchev–Trinajstić information content (AvgIpc) is 2.32. The third-order valence-electron chi connectivity index (χ3n) is 1.74. The van der Waals surface area contributed by atoms with E-state index in [4.69, 9.17) is 0 Å². The Kier molecular flexibility index (Phi) is 3.79. The first-order valence-electron chi connectivity index (χ1n) is 4.14. The molecule has 0 unspecified atom stereocenters. The molecule has 0 heterocycles. The van der Waals surface area contributed by atoms with E-state index in [0.717, 1.165) is 5.57 Å². The smallest absolute Gasteiger partial charge is 0.161 e. The number of rotatable bonds is 3. The predicted molar refractivity (Wildman–Crippen MR) is 51.7 cm³/mol. The Balaban J connectivity index is 2.63. The van der Waals surface area contributed by atoms with Crippen LogP contribution >= 0.6 is 0 Å². The van der Waals surface area contributed by atoms with Crippen molar-refractivity contribution in [2.24, 2.45) is 5.34 Å². The molecule has 1 aliphatic rings. The highest BCUT2D eigenvalue weighted by molar-refractivity contribution is 5.31. The third-order valence-corrected chi connectivity index (χ3v) is 1.74. The fourth-order valence-corrected chi connectivity index (χ4v) is 1.11. The number of nitrogens with zero attached hydrogens (tertiary/aromatic N) is 1. The Morgan fingerprint density at radius 3 is 3.14 bits per heavy atom. The molecule has 0 amide bonds. The van der Waals surface area contributed by atoms with Gasteiger partial charge < -0.3 is 4.84 Å². The van der Waals surface area contributed by atoms with E-state index in [1.54, 1.807) is 18.2 Å². The van der Waals surface area contributed by atoms with Crippen molar-refractivity contribution in [3.63, 3.8) is 0 Å². The van der Waals surface area contributed by atoms with Gasteiger partial charge in [-0.25, -0.2) is 4.39 Å². The van der Waals surface area contributed by atoms with Gasteiger partial charge in [-0.15, -0.1) is 4.91 Å². The number of hydrogen-bond acceptors (Lipinski definition) is 3. The lowest BCUT2D eigenvalue weighted by molar-refractivity contribution is 0.236. The first-order chi connectivity index (χ1) is 6.72. The Morgan fingerprint density at radius 1 is 1.64 bits per heavy atom. The van der Waals surface area contributed by atoms with Gasteiger partial charge in [0.1, 0.15) is 5.83 Å². The number of allylic oxidation sites excluding steroid dienone is 6. The van der Waals surface area contributed by atoms with E-state index in [0.29, 0.717) is 12.8 Å². The van der Waals surface area contributed by atoms with Crippen LogP contribution in [-0.4, -0.2) is 0 Å². The number of hydrogen-bond donors (Lipinski definition) is 0. The van der Waals surface area contributed by atoms with Crippen molar-refractivity contribution < 1.29 is 9.23 Å². The van der Waals surface area contributed by atoms with Gasteiger partial charge >= 0.3 is 0 Å². The molecule has 1 rings (SSSR count). The normalized spacial score (nSPS) is 18.6. The SMILES string of the molecule is C=C(/C=C1/C=CC=C(F)CC1)ON=O. The molecule has 1 aliphatic carbocycles. The summed E-state index contributed by atoms with van der Waals surface area (Å²) >= 11 is 0. The van der Waals surface area contributed by atoms with Gasteiger partial charge in [0.25, 0.3) is 0 Å². The molecular formula is C10H10FNO2. The van der Waals surface area contributed by atoms with Crippen LogP contribution in [0.25, 0.3) is 0 Å². The topological polar surface area (TPSA) is 38.7 Å². The van der Waals surface area contributed by atoms with E-state index in [1.165, 1.54) is 6.08 Å². The monoisotopic (exact) mass is 195 g/mol. The van der Waals surface area contributed by atoms with Crippen molar-refractivity contribution in [3.8, 4) is 0 Å². The standard InChI is InChI=1S/C10H10FNO2/c1-8(14-12-13)7-9-3-2-4-10(11)6-5-9/h2-4,7H,1,5-6H2/b9-7-. The lowest BCUT2D eigenvalue weighted by Gasteiger charge is -1.99. The van der Waals surface area contributed by atoms with Crippen LogP contribution in [0.5, 0.6) is 0 Å². The molecular weight excluding hydrogens is 185 g/mol. The van der Waals surface area contributed by atoms with Gasteiger partial charge in [-0.2, -0.15) is 0 Å². The van der Waals surface area contributed by atoms with E-state index in [1.807, 2.05) is 0 Å². The Morgan fingerprint density at radius 2 is 2.43 bits per heavy atom. The van der Waals surface area contributed by atoms with Crippen LogP contribution in [-0.2, 0) is 4.84 Å². The van der Waals surface area contributed by atoms with Crippen molar-refractivity contribution in [1.82, 2.24) is 0 Å². The zero-order valence-corrected chi connectivity index (χ0v) is 7.57. The molecule has 0 spiro atoms. The van der Waals surface area contributed by atoms with Crippen LogP contribution < -0.4 is 0 Å². The number of halogens is 1. The quantitative estimate of drug-likeness (QED) is 0.393. The fourth-order valence-electron chi connectivity index (χ4n) is 1.11. The lowest BCUT2D eigenvalue weighted by atomic mass is 10.1. The summed E-state index contributed by atoms with van der Waals surface area (Å²) in [6.45, 7) is 3.45. The highest BCUT2D eigenvalue weighted by atomic mass is 19.1. The van der Waals surface area contributed by atoms with E-state index in [-0.39, 0.29) is 11.6 Å². The molecule has 14 heavy (non-hydrogen) atoms. The van der Waals surface area contributed by atoms with Gasteiger partial charge in [-0.3, -0.25) is 0 Å². The van der Waals surface area contributed by atoms with E-state index in [9.17, 15) is 9.30 Å². The molecule has 0 radical (unpaired) electrons. The highest BCUT2D eigenvalue weighted by Crippen LogP contribution is 2.19. The van der Waals surface area contributed by atoms with Crippen LogP contribution in [0, 0.1) is 4.91 Å². The highest BCUT2D eigenvalue weighted by Gasteiger charge is 2.02. The molecule has 0 aliphatic heterocycles. The van der Waals surface area contributed by atoms with Crippen molar-refractivity contribution in [2.75, 3.05) is 0 Å². The summed E-state index contributed by atoms with van der Waals surface area (Å²) < 4.78 is 12.8. The second-order valence-corrected chi connectivity index (χ2v) is 2.82. The first-order valence-corrected chi connectivity index (χ1v) is 4.14.